The maximum absolute atomic E-state index is 12.8. The van der Waals surface area contributed by atoms with Gasteiger partial charge in [0.1, 0.15) is 11.7 Å². The zero-order valence-electron chi connectivity index (χ0n) is 18.6. The van der Waals surface area contributed by atoms with E-state index in [1.54, 1.807) is 26.0 Å². The van der Waals surface area contributed by atoms with Gasteiger partial charge in [0.2, 0.25) is 11.7 Å². The molecule has 8 nitrogen and oxygen atoms in total. The van der Waals surface area contributed by atoms with E-state index < -0.39 is 6.04 Å². The van der Waals surface area contributed by atoms with Crippen molar-refractivity contribution in [2.24, 2.45) is 0 Å². The number of rotatable bonds is 5. The number of hydrogen-bond donors (Lipinski definition) is 1. The Morgan fingerprint density at radius 3 is 2.64 bits per heavy atom. The summed E-state index contributed by atoms with van der Waals surface area (Å²) in [5, 5.41) is 6.97. The highest BCUT2D eigenvalue weighted by atomic mass is 16.5. The van der Waals surface area contributed by atoms with Gasteiger partial charge in [-0.05, 0) is 57.0 Å². The maximum Gasteiger partial charge on any atom is 0.272 e. The van der Waals surface area contributed by atoms with Crippen molar-refractivity contribution in [1.82, 2.24) is 25.0 Å². The SMILES string of the molecule is Cc1nc2cc(-c3noc([C@@H](C)NC(=O)c4ccccc4)n3)ccc2n(C2CCCC2)c1=O. The van der Waals surface area contributed by atoms with E-state index in [0.717, 1.165) is 42.3 Å². The lowest BCUT2D eigenvalue weighted by atomic mass is 10.1. The molecule has 1 aliphatic carbocycles. The lowest BCUT2D eigenvalue weighted by Gasteiger charge is -2.17. The molecule has 0 unspecified atom stereocenters. The summed E-state index contributed by atoms with van der Waals surface area (Å²) in [7, 11) is 0. The standard InChI is InChI=1S/C25H25N5O3/c1-15(27-23(31)17-8-4-3-5-9-17)24-28-22(29-33-24)18-12-13-21-20(14-18)26-16(2)25(32)30(21)19-10-6-7-11-19/h3-5,8-9,12-15,19H,6-7,10-11H2,1-2H3,(H,27,31)/t15-/m1/s1. The molecule has 1 fully saturated rings. The molecule has 2 heterocycles. The first-order valence-corrected chi connectivity index (χ1v) is 11.2. The van der Waals surface area contributed by atoms with E-state index in [9.17, 15) is 9.59 Å². The van der Waals surface area contributed by atoms with E-state index in [0.29, 0.717) is 23.0 Å². The van der Waals surface area contributed by atoms with Gasteiger partial charge < -0.3 is 14.4 Å². The Labute approximate surface area is 190 Å². The van der Waals surface area contributed by atoms with E-state index in [1.165, 1.54) is 0 Å². The summed E-state index contributed by atoms with van der Waals surface area (Å²) >= 11 is 0. The summed E-state index contributed by atoms with van der Waals surface area (Å²) < 4.78 is 7.33. The van der Waals surface area contributed by atoms with Crippen molar-refractivity contribution >= 4 is 16.9 Å². The van der Waals surface area contributed by atoms with Crippen molar-refractivity contribution in [2.45, 2.75) is 51.6 Å². The number of benzene rings is 2. The molecule has 1 aliphatic rings. The van der Waals surface area contributed by atoms with E-state index in [4.69, 9.17) is 4.52 Å². The maximum atomic E-state index is 12.8. The van der Waals surface area contributed by atoms with Crippen LogP contribution in [-0.2, 0) is 0 Å². The average Bonchev–Trinajstić information content (AvgIpc) is 3.53. The van der Waals surface area contributed by atoms with Crippen LogP contribution in [0.3, 0.4) is 0 Å². The van der Waals surface area contributed by atoms with Crippen LogP contribution in [0, 0.1) is 6.92 Å². The second kappa shape index (κ2) is 8.61. The monoisotopic (exact) mass is 443 g/mol. The normalized spacial score (nSPS) is 15.1. The van der Waals surface area contributed by atoms with Gasteiger partial charge in [-0.25, -0.2) is 4.98 Å². The molecule has 168 valence electrons. The van der Waals surface area contributed by atoms with Gasteiger partial charge in [-0.1, -0.05) is 36.2 Å². The minimum atomic E-state index is -0.452. The molecular formula is C25H25N5O3. The Kier molecular flexibility index (Phi) is 5.50. The molecule has 33 heavy (non-hydrogen) atoms. The lowest BCUT2D eigenvalue weighted by Crippen LogP contribution is -2.27. The van der Waals surface area contributed by atoms with Crippen molar-refractivity contribution < 1.29 is 9.32 Å². The van der Waals surface area contributed by atoms with Crippen molar-refractivity contribution in [1.29, 1.82) is 0 Å². The quantitative estimate of drug-likeness (QED) is 0.492. The first kappa shape index (κ1) is 21.1. The molecule has 1 atom stereocenters. The Morgan fingerprint density at radius 1 is 1.12 bits per heavy atom. The zero-order valence-corrected chi connectivity index (χ0v) is 18.6. The molecular weight excluding hydrogens is 418 g/mol. The van der Waals surface area contributed by atoms with E-state index >= 15 is 0 Å². The molecule has 0 bridgehead atoms. The highest BCUT2D eigenvalue weighted by molar-refractivity contribution is 5.94. The van der Waals surface area contributed by atoms with Crippen LogP contribution in [0.5, 0.6) is 0 Å². The van der Waals surface area contributed by atoms with Crippen LogP contribution in [0.1, 0.15) is 66.6 Å². The van der Waals surface area contributed by atoms with Gasteiger partial charge in [-0.3, -0.25) is 9.59 Å². The molecule has 0 radical (unpaired) electrons. The van der Waals surface area contributed by atoms with Crippen molar-refractivity contribution in [2.75, 3.05) is 0 Å². The van der Waals surface area contributed by atoms with Gasteiger partial charge >= 0.3 is 0 Å². The second-order valence-electron chi connectivity index (χ2n) is 8.53. The van der Waals surface area contributed by atoms with Gasteiger partial charge in [0.05, 0.1) is 11.0 Å². The average molecular weight is 444 g/mol. The summed E-state index contributed by atoms with van der Waals surface area (Å²) in [5.74, 6) is 0.512. The predicted molar refractivity (Wildman–Crippen MR) is 124 cm³/mol. The fourth-order valence-electron chi connectivity index (χ4n) is 4.45. The Hall–Kier alpha value is -3.81. The first-order chi connectivity index (χ1) is 16.0. The Morgan fingerprint density at radius 2 is 1.88 bits per heavy atom. The highest BCUT2D eigenvalue weighted by Gasteiger charge is 2.22. The Balaban J connectivity index is 1.43. The number of aromatic nitrogens is 4. The molecule has 8 heteroatoms. The highest BCUT2D eigenvalue weighted by Crippen LogP contribution is 2.31. The first-order valence-electron chi connectivity index (χ1n) is 11.2. The van der Waals surface area contributed by atoms with Crippen LogP contribution < -0.4 is 10.9 Å². The molecule has 0 aliphatic heterocycles. The van der Waals surface area contributed by atoms with E-state index in [1.807, 2.05) is 41.0 Å². The Bertz CT molecular complexity index is 1370. The van der Waals surface area contributed by atoms with Gasteiger partial charge in [-0.15, -0.1) is 0 Å². The minimum absolute atomic E-state index is 0.0213. The number of carbonyl (C=O) groups is 1. The third kappa shape index (κ3) is 4.04. The molecule has 2 aromatic carbocycles. The third-order valence-electron chi connectivity index (χ3n) is 6.20. The molecule has 1 N–H and O–H groups in total. The smallest absolute Gasteiger partial charge is 0.272 e. The number of aryl methyl sites for hydroxylation is 1. The number of nitrogens with zero attached hydrogens (tertiary/aromatic N) is 4. The van der Waals surface area contributed by atoms with Gasteiger partial charge in [-0.2, -0.15) is 4.98 Å². The van der Waals surface area contributed by atoms with Crippen molar-refractivity contribution in [3.63, 3.8) is 0 Å². The largest absolute Gasteiger partial charge is 0.341 e. The molecule has 1 saturated carbocycles. The van der Waals surface area contributed by atoms with Crippen LogP contribution >= 0.6 is 0 Å². The van der Waals surface area contributed by atoms with Crippen molar-refractivity contribution in [3.05, 3.63) is 76.0 Å². The van der Waals surface area contributed by atoms with Gasteiger partial charge in [0.25, 0.3) is 11.5 Å². The summed E-state index contributed by atoms with van der Waals surface area (Å²) in [4.78, 5) is 34.3. The number of fused-ring (bicyclic) bond motifs is 1. The summed E-state index contributed by atoms with van der Waals surface area (Å²) in [5.41, 5.74) is 3.32. The molecule has 4 aromatic rings. The third-order valence-corrected chi connectivity index (χ3v) is 6.20. The van der Waals surface area contributed by atoms with Gasteiger partial charge in [0.15, 0.2) is 0 Å². The summed E-state index contributed by atoms with van der Waals surface area (Å²) in [6.45, 7) is 3.55. The topological polar surface area (TPSA) is 103 Å². The molecule has 2 aromatic heterocycles. The number of carbonyl (C=O) groups excluding carboxylic acids is 1. The molecule has 0 saturated heterocycles. The predicted octanol–water partition coefficient (Wildman–Crippen LogP) is 4.36. The number of nitrogens with one attached hydrogen (secondary N) is 1. The van der Waals surface area contributed by atoms with Crippen LogP contribution in [0.4, 0.5) is 0 Å². The lowest BCUT2D eigenvalue weighted by molar-refractivity contribution is 0.0932. The molecule has 0 spiro atoms. The van der Waals surface area contributed by atoms with Gasteiger partial charge in [0, 0.05) is 17.2 Å². The van der Waals surface area contributed by atoms with Crippen molar-refractivity contribution in [3.8, 4) is 11.4 Å². The van der Waals surface area contributed by atoms with Crippen LogP contribution in [0.2, 0.25) is 0 Å². The molecule has 1 amide bonds. The number of amides is 1. The number of hydrogen-bond acceptors (Lipinski definition) is 6. The fraction of sp³-hybridized carbons (Fsp3) is 0.320. The van der Waals surface area contributed by atoms with Crippen LogP contribution in [0.15, 0.2) is 57.8 Å². The fourth-order valence-corrected chi connectivity index (χ4v) is 4.45. The zero-order chi connectivity index (χ0) is 22.9. The van der Waals surface area contributed by atoms with Crippen LogP contribution in [0.25, 0.3) is 22.4 Å². The molecule has 5 rings (SSSR count). The van der Waals surface area contributed by atoms with E-state index in [2.05, 4.69) is 20.4 Å². The minimum Gasteiger partial charge on any atom is -0.341 e. The second-order valence-corrected chi connectivity index (χ2v) is 8.53. The summed E-state index contributed by atoms with van der Waals surface area (Å²) in [6, 6.07) is 14.4. The van der Waals surface area contributed by atoms with Crippen LogP contribution in [-0.4, -0.2) is 25.6 Å². The summed E-state index contributed by atoms with van der Waals surface area (Å²) in [6.07, 6.45) is 4.31. The van der Waals surface area contributed by atoms with E-state index in [-0.39, 0.29) is 17.5 Å².